The molecule has 272 valence electrons. The van der Waals surface area contributed by atoms with Crippen molar-refractivity contribution in [1.29, 1.82) is 0 Å². The number of ether oxygens (including phenoxy) is 2. The Morgan fingerprint density at radius 1 is 1.02 bits per heavy atom. The molecule has 4 aliphatic heterocycles. The fraction of sp³-hybridized carbons (Fsp3) is 0.385. The predicted octanol–water partition coefficient (Wildman–Crippen LogP) is 6.01. The molecule has 0 N–H and O–H groups in total. The van der Waals surface area contributed by atoms with Crippen LogP contribution in [0, 0.1) is 18.6 Å². The van der Waals surface area contributed by atoms with Gasteiger partial charge in [-0.3, -0.25) is 14.7 Å². The molecule has 2 aromatic carbocycles. The van der Waals surface area contributed by atoms with E-state index in [1.807, 2.05) is 9.80 Å². The van der Waals surface area contributed by atoms with Crippen molar-refractivity contribution in [1.82, 2.24) is 34.7 Å². The van der Waals surface area contributed by atoms with E-state index in [0.717, 1.165) is 38.8 Å². The van der Waals surface area contributed by atoms with E-state index in [-0.39, 0.29) is 33.7 Å². The number of carbonyl (C=O) groups is 1. The van der Waals surface area contributed by atoms with E-state index in [4.69, 9.17) is 26.1 Å². The summed E-state index contributed by atoms with van der Waals surface area (Å²) < 4.78 is 43.8. The van der Waals surface area contributed by atoms with Gasteiger partial charge in [0, 0.05) is 49.1 Å². The van der Waals surface area contributed by atoms with Crippen LogP contribution in [0.15, 0.2) is 54.9 Å². The number of piperazine rings is 1. The first-order valence-electron chi connectivity index (χ1n) is 18.0. The number of rotatable bonds is 7. The van der Waals surface area contributed by atoms with E-state index < -0.39 is 17.2 Å². The first-order valence-corrected chi connectivity index (χ1v) is 18.3. The van der Waals surface area contributed by atoms with E-state index >= 15 is 4.39 Å². The zero-order valence-corrected chi connectivity index (χ0v) is 30.0. The van der Waals surface area contributed by atoms with Crippen molar-refractivity contribution in [2.75, 3.05) is 57.4 Å². The van der Waals surface area contributed by atoms with Gasteiger partial charge in [0.05, 0.1) is 34.9 Å². The molecule has 1 spiro atoms. The second kappa shape index (κ2) is 13.2. The van der Waals surface area contributed by atoms with Crippen molar-refractivity contribution in [3.8, 4) is 17.3 Å². The molecule has 5 aromatic rings. The Labute approximate surface area is 309 Å². The van der Waals surface area contributed by atoms with E-state index in [9.17, 15) is 9.18 Å². The van der Waals surface area contributed by atoms with Crippen LogP contribution in [0.1, 0.15) is 37.2 Å². The van der Waals surface area contributed by atoms with Gasteiger partial charge in [-0.05, 0) is 69.3 Å². The van der Waals surface area contributed by atoms with Gasteiger partial charge in [-0.1, -0.05) is 35.9 Å². The molecule has 53 heavy (non-hydrogen) atoms. The Morgan fingerprint density at radius 2 is 1.85 bits per heavy atom. The molecule has 11 nitrogen and oxygen atoms in total. The standard InChI is InChI=1S/C39H37ClF2N8O3/c1-24-43-14-11-26(45-24)8-10-30(51)50-18-17-48(20-39(50)21-52-22-39)36-28-19-44-34(27-6-2-5-25-7-9-29(41)32(40)31(25)27)33(42)35(28)46-37(47-36)53-23-38-12-3-15-49(38)16-4-13-38/h2,5-11,14,19H,3-4,12-13,15-18,20-23H2,1H3/b10-8+. The minimum absolute atomic E-state index is 0.00694. The highest BCUT2D eigenvalue weighted by molar-refractivity contribution is 6.36. The third kappa shape index (κ3) is 5.85. The molecule has 7 heterocycles. The molecule has 0 radical (unpaired) electrons. The summed E-state index contributed by atoms with van der Waals surface area (Å²) in [5, 5.41) is 1.31. The lowest BCUT2D eigenvalue weighted by atomic mass is 9.91. The highest BCUT2D eigenvalue weighted by Gasteiger charge is 2.50. The van der Waals surface area contributed by atoms with Gasteiger partial charge in [-0.15, -0.1) is 0 Å². The van der Waals surface area contributed by atoms with Crippen LogP contribution in [0.5, 0.6) is 6.01 Å². The number of benzene rings is 2. The fourth-order valence-corrected chi connectivity index (χ4v) is 8.86. The van der Waals surface area contributed by atoms with Crippen LogP contribution in [-0.4, -0.2) is 104 Å². The minimum Gasteiger partial charge on any atom is -0.461 e. The van der Waals surface area contributed by atoms with Crippen LogP contribution in [-0.2, 0) is 9.53 Å². The van der Waals surface area contributed by atoms with Crippen molar-refractivity contribution in [2.24, 2.45) is 0 Å². The average molecular weight is 739 g/mol. The number of aromatic nitrogens is 5. The molecule has 0 atom stereocenters. The number of fused-ring (bicyclic) bond motifs is 3. The van der Waals surface area contributed by atoms with Crippen LogP contribution >= 0.6 is 11.6 Å². The summed E-state index contributed by atoms with van der Waals surface area (Å²) in [6, 6.07) is 9.95. The Bertz CT molecular complexity index is 2290. The molecule has 0 aliphatic carbocycles. The molecular formula is C39H37ClF2N8O3. The van der Waals surface area contributed by atoms with Crippen molar-refractivity contribution in [2.45, 2.75) is 43.7 Å². The van der Waals surface area contributed by atoms with Crippen LogP contribution in [0.3, 0.4) is 0 Å². The molecule has 4 aliphatic rings. The number of carbonyl (C=O) groups excluding carboxylic acids is 1. The second-order valence-corrected chi connectivity index (χ2v) is 14.9. The second-order valence-electron chi connectivity index (χ2n) is 14.5. The van der Waals surface area contributed by atoms with E-state index in [0.29, 0.717) is 78.5 Å². The maximum atomic E-state index is 17.0. The summed E-state index contributed by atoms with van der Waals surface area (Å²) in [5.41, 5.74) is 0.318. The summed E-state index contributed by atoms with van der Waals surface area (Å²) in [7, 11) is 0. The monoisotopic (exact) mass is 738 g/mol. The fourth-order valence-electron chi connectivity index (χ4n) is 8.58. The Balaban J connectivity index is 1.10. The third-order valence-corrected chi connectivity index (χ3v) is 11.6. The van der Waals surface area contributed by atoms with Gasteiger partial charge < -0.3 is 19.3 Å². The predicted molar refractivity (Wildman–Crippen MR) is 197 cm³/mol. The van der Waals surface area contributed by atoms with Crippen molar-refractivity contribution < 1.29 is 23.0 Å². The van der Waals surface area contributed by atoms with E-state index in [2.05, 4.69) is 24.8 Å². The lowest BCUT2D eigenvalue weighted by Gasteiger charge is -2.55. The largest absolute Gasteiger partial charge is 0.461 e. The van der Waals surface area contributed by atoms with Gasteiger partial charge in [-0.2, -0.15) is 9.97 Å². The molecular weight excluding hydrogens is 702 g/mol. The first-order chi connectivity index (χ1) is 25.7. The molecule has 0 unspecified atom stereocenters. The maximum Gasteiger partial charge on any atom is 0.319 e. The van der Waals surface area contributed by atoms with Crippen LogP contribution in [0.2, 0.25) is 5.02 Å². The molecule has 4 fully saturated rings. The van der Waals surface area contributed by atoms with Gasteiger partial charge >= 0.3 is 6.01 Å². The summed E-state index contributed by atoms with van der Waals surface area (Å²) in [6.07, 6.45) is 10.7. The number of hydrogen-bond acceptors (Lipinski definition) is 10. The number of hydrogen-bond donors (Lipinski definition) is 0. The quantitative estimate of drug-likeness (QED) is 0.184. The van der Waals surface area contributed by atoms with Crippen molar-refractivity contribution in [3.05, 3.63) is 83.0 Å². The van der Waals surface area contributed by atoms with Crippen molar-refractivity contribution >= 4 is 51.1 Å². The Kier molecular flexibility index (Phi) is 8.47. The zero-order chi connectivity index (χ0) is 36.3. The molecule has 9 rings (SSSR count). The molecule has 4 saturated heterocycles. The number of amides is 1. The highest BCUT2D eigenvalue weighted by Crippen LogP contribution is 2.41. The summed E-state index contributed by atoms with van der Waals surface area (Å²) >= 11 is 6.46. The number of nitrogens with zero attached hydrogens (tertiary/aromatic N) is 8. The SMILES string of the molecule is Cc1nccc(/C=C/C(=O)N2CCN(c3nc(OCC45CCCN4CCC5)nc4c(F)c(-c5cccc6ccc(F)c(Cl)c56)ncc34)CC23COC3)n1. The van der Waals surface area contributed by atoms with Gasteiger partial charge in [0.1, 0.15) is 40.8 Å². The van der Waals surface area contributed by atoms with Gasteiger partial charge in [-0.25, -0.2) is 18.7 Å². The van der Waals surface area contributed by atoms with Gasteiger partial charge in [0.2, 0.25) is 5.91 Å². The topological polar surface area (TPSA) is 110 Å². The van der Waals surface area contributed by atoms with Crippen LogP contribution < -0.4 is 9.64 Å². The number of pyridine rings is 1. The third-order valence-electron chi connectivity index (χ3n) is 11.3. The lowest BCUT2D eigenvalue weighted by molar-refractivity contribution is -0.164. The van der Waals surface area contributed by atoms with Gasteiger partial charge in [0.25, 0.3) is 0 Å². The average Bonchev–Trinajstić information content (AvgIpc) is 3.74. The van der Waals surface area contributed by atoms with Gasteiger partial charge in [0.15, 0.2) is 5.82 Å². The molecule has 3 aromatic heterocycles. The highest BCUT2D eigenvalue weighted by atomic mass is 35.5. The van der Waals surface area contributed by atoms with E-state index in [1.165, 1.54) is 12.1 Å². The lowest BCUT2D eigenvalue weighted by Crippen LogP contribution is -2.72. The minimum atomic E-state index is -0.689. The number of aryl methyl sites for hydroxylation is 1. The molecule has 1 amide bonds. The summed E-state index contributed by atoms with van der Waals surface area (Å²) in [4.78, 5) is 42.7. The Hall–Kier alpha value is -4.85. The Morgan fingerprint density at radius 3 is 2.62 bits per heavy atom. The zero-order valence-electron chi connectivity index (χ0n) is 29.2. The maximum absolute atomic E-state index is 17.0. The first kappa shape index (κ1) is 34.0. The number of halogens is 3. The summed E-state index contributed by atoms with van der Waals surface area (Å²) in [5.74, 6) is -0.367. The van der Waals surface area contributed by atoms with Crippen molar-refractivity contribution in [3.63, 3.8) is 0 Å². The van der Waals surface area contributed by atoms with Crippen LogP contribution in [0.25, 0.3) is 39.0 Å². The normalized spacial score (nSPS) is 19.4. The van der Waals surface area contributed by atoms with E-state index in [1.54, 1.807) is 55.7 Å². The van der Waals surface area contributed by atoms with Crippen LogP contribution in [0.4, 0.5) is 14.6 Å². The molecule has 0 bridgehead atoms. The molecule has 0 saturated carbocycles. The number of anilines is 1. The molecule has 14 heteroatoms. The smallest absolute Gasteiger partial charge is 0.319 e. The summed E-state index contributed by atoms with van der Waals surface area (Å²) in [6.45, 7) is 6.13.